The fourth-order valence-corrected chi connectivity index (χ4v) is 3.02. The average molecular weight is 437 g/mol. The summed E-state index contributed by atoms with van der Waals surface area (Å²) in [6, 6.07) is 18.4. The van der Waals surface area contributed by atoms with Gasteiger partial charge in [-0.2, -0.15) is 0 Å². The van der Waals surface area contributed by atoms with Gasteiger partial charge < -0.3 is 14.5 Å². The maximum Gasteiger partial charge on any atom is 0.134 e. The van der Waals surface area contributed by atoms with Gasteiger partial charge in [-0.15, -0.1) is 12.4 Å². The quantitative estimate of drug-likeness (QED) is 0.477. The number of para-hydroxylation sites is 1. The van der Waals surface area contributed by atoms with E-state index in [1.807, 2.05) is 30.3 Å². The zero-order valence-corrected chi connectivity index (χ0v) is 17.3. The van der Waals surface area contributed by atoms with Crippen LogP contribution in [0.25, 0.3) is 11.3 Å². The molecule has 3 nitrogen and oxygen atoms in total. The minimum atomic E-state index is 0. The highest BCUT2D eigenvalue weighted by atomic mass is 79.9. The Kier molecular flexibility index (Phi) is 7.76. The molecule has 1 aromatic heterocycles. The summed E-state index contributed by atoms with van der Waals surface area (Å²) in [6.07, 6.45) is 0.920. The van der Waals surface area contributed by atoms with Gasteiger partial charge in [-0.05, 0) is 61.3 Å². The summed E-state index contributed by atoms with van der Waals surface area (Å²) >= 11 is 3.53. The normalized spacial score (nSPS) is 10.4. The lowest BCUT2D eigenvalue weighted by atomic mass is 10.1. The van der Waals surface area contributed by atoms with Crippen LogP contribution in [0.4, 0.5) is 0 Å². The van der Waals surface area contributed by atoms with Crippen LogP contribution in [0.2, 0.25) is 0 Å². The van der Waals surface area contributed by atoms with Crippen LogP contribution in [0, 0.1) is 6.92 Å². The van der Waals surface area contributed by atoms with E-state index >= 15 is 0 Å². The van der Waals surface area contributed by atoms with Crippen LogP contribution in [0.15, 0.2) is 63.5 Å². The fraction of sp³-hybridized carbons (Fsp3) is 0.238. The molecule has 3 aromatic rings. The number of nitrogens with one attached hydrogen (secondary N) is 1. The van der Waals surface area contributed by atoms with Crippen LogP contribution in [0.1, 0.15) is 16.9 Å². The number of halogens is 2. The van der Waals surface area contributed by atoms with E-state index in [2.05, 4.69) is 52.4 Å². The third kappa shape index (κ3) is 5.13. The second-order valence-corrected chi connectivity index (χ2v) is 6.82. The number of aryl methyl sites for hydroxylation is 1. The van der Waals surface area contributed by atoms with Gasteiger partial charge in [0.25, 0.3) is 0 Å². The first kappa shape index (κ1) is 20.6. The molecule has 0 radical (unpaired) electrons. The van der Waals surface area contributed by atoms with Gasteiger partial charge in [-0.1, -0.05) is 40.2 Å². The summed E-state index contributed by atoms with van der Waals surface area (Å²) in [6.45, 7) is 3.66. The van der Waals surface area contributed by atoms with Gasteiger partial charge in [0.1, 0.15) is 17.3 Å². The van der Waals surface area contributed by atoms with E-state index in [1.54, 1.807) is 7.11 Å². The summed E-state index contributed by atoms with van der Waals surface area (Å²) < 4.78 is 12.5. The molecule has 0 unspecified atom stereocenters. The van der Waals surface area contributed by atoms with Crippen molar-refractivity contribution in [2.75, 3.05) is 13.7 Å². The van der Waals surface area contributed by atoms with Crippen molar-refractivity contribution in [3.63, 3.8) is 0 Å². The van der Waals surface area contributed by atoms with Crippen molar-refractivity contribution < 1.29 is 9.15 Å². The Hall–Kier alpha value is -1.75. The van der Waals surface area contributed by atoms with E-state index in [-0.39, 0.29) is 12.4 Å². The van der Waals surface area contributed by atoms with E-state index in [1.165, 1.54) is 11.1 Å². The molecular formula is C21H23BrClNO2. The monoisotopic (exact) mass is 435 g/mol. The first-order valence-electron chi connectivity index (χ1n) is 8.35. The lowest BCUT2D eigenvalue weighted by Gasteiger charge is -2.08. The van der Waals surface area contributed by atoms with E-state index in [0.717, 1.165) is 40.3 Å². The Morgan fingerprint density at radius 2 is 1.88 bits per heavy atom. The Labute approximate surface area is 169 Å². The third-order valence-corrected chi connectivity index (χ3v) is 5.06. The molecular weight excluding hydrogens is 414 g/mol. The molecule has 0 spiro atoms. The molecule has 0 atom stereocenters. The van der Waals surface area contributed by atoms with Crippen molar-refractivity contribution in [2.45, 2.75) is 19.9 Å². The molecule has 26 heavy (non-hydrogen) atoms. The van der Waals surface area contributed by atoms with Crippen molar-refractivity contribution in [3.05, 3.63) is 76.0 Å². The molecule has 0 bridgehead atoms. The van der Waals surface area contributed by atoms with Crippen molar-refractivity contribution in [1.82, 2.24) is 5.32 Å². The highest BCUT2D eigenvalue weighted by Crippen LogP contribution is 2.26. The average Bonchev–Trinajstić information content (AvgIpc) is 3.10. The van der Waals surface area contributed by atoms with Crippen LogP contribution in [0.3, 0.4) is 0 Å². The van der Waals surface area contributed by atoms with Gasteiger partial charge in [0, 0.05) is 10.0 Å². The highest BCUT2D eigenvalue weighted by Gasteiger charge is 2.07. The van der Waals surface area contributed by atoms with Crippen LogP contribution in [-0.2, 0) is 13.0 Å². The van der Waals surface area contributed by atoms with Gasteiger partial charge in [0.15, 0.2) is 0 Å². The van der Waals surface area contributed by atoms with Crippen LogP contribution < -0.4 is 10.1 Å². The molecule has 0 amide bonds. The molecule has 1 heterocycles. The van der Waals surface area contributed by atoms with Crippen LogP contribution >= 0.6 is 28.3 Å². The van der Waals surface area contributed by atoms with Crippen molar-refractivity contribution in [3.8, 4) is 17.1 Å². The number of hydrogen-bond acceptors (Lipinski definition) is 3. The summed E-state index contributed by atoms with van der Waals surface area (Å²) in [4.78, 5) is 0. The van der Waals surface area contributed by atoms with Crippen molar-refractivity contribution in [1.29, 1.82) is 0 Å². The summed E-state index contributed by atoms with van der Waals surface area (Å²) in [7, 11) is 1.71. The van der Waals surface area contributed by atoms with E-state index in [4.69, 9.17) is 9.15 Å². The fourth-order valence-electron chi connectivity index (χ4n) is 2.77. The summed E-state index contributed by atoms with van der Waals surface area (Å²) in [5.41, 5.74) is 3.51. The predicted octanol–water partition coefficient (Wildman–Crippen LogP) is 5.78. The number of hydrogen-bond donors (Lipinski definition) is 1. The first-order chi connectivity index (χ1) is 12.2. The highest BCUT2D eigenvalue weighted by molar-refractivity contribution is 9.10. The third-order valence-electron chi connectivity index (χ3n) is 4.17. The van der Waals surface area contributed by atoms with Gasteiger partial charge in [0.05, 0.1) is 13.7 Å². The van der Waals surface area contributed by atoms with Crippen molar-refractivity contribution >= 4 is 28.3 Å². The molecule has 138 valence electrons. The first-order valence-corrected chi connectivity index (χ1v) is 9.14. The summed E-state index contributed by atoms with van der Waals surface area (Å²) in [5, 5.41) is 3.43. The van der Waals surface area contributed by atoms with Crippen molar-refractivity contribution in [2.24, 2.45) is 0 Å². The number of furan rings is 1. The lowest BCUT2D eigenvalue weighted by molar-refractivity contribution is 0.408. The van der Waals surface area contributed by atoms with E-state index in [0.29, 0.717) is 6.54 Å². The Balaban J connectivity index is 0.00000243. The molecule has 1 N–H and O–H groups in total. The Morgan fingerprint density at radius 1 is 1.08 bits per heavy atom. The molecule has 5 heteroatoms. The minimum absolute atomic E-state index is 0. The molecule has 0 saturated heterocycles. The maximum atomic E-state index is 5.96. The summed E-state index contributed by atoms with van der Waals surface area (Å²) in [5.74, 6) is 2.78. The van der Waals surface area contributed by atoms with Gasteiger partial charge in [-0.25, -0.2) is 0 Å². The number of benzene rings is 2. The molecule has 3 rings (SSSR count). The molecule has 2 aromatic carbocycles. The SMILES string of the molecule is COc1ccccc1CCNCc1ccc(-c2ccc(Br)c(C)c2)o1.Cl. The number of methoxy groups -OCH3 is 1. The van der Waals surface area contributed by atoms with Crippen LogP contribution in [0.5, 0.6) is 5.75 Å². The molecule has 0 saturated carbocycles. The zero-order chi connectivity index (χ0) is 17.6. The second-order valence-electron chi connectivity index (χ2n) is 5.97. The molecule has 0 aliphatic rings. The smallest absolute Gasteiger partial charge is 0.134 e. The topological polar surface area (TPSA) is 34.4 Å². The van der Waals surface area contributed by atoms with Gasteiger partial charge in [0.2, 0.25) is 0 Å². The van der Waals surface area contributed by atoms with E-state index in [9.17, 15) is 0 Å². The van der Waals surface area contributed by atoms with Crippen LogP contribution in [-0.4, -0.2) is 13.7 Å². The lowest BCUT2D eigenvalue weighted by Crippen LogP contribution is -2.16. The zero-order valence-electron chi connectivity index (χ0n) is 14.9. The predicted molar refractivity (Wildman–Crippen MR) is 112 cm³/mol. The molecule has 0 aliphatic heterocycles. The molecule has 0 fully saturated rings. The maximum absolute atomic E-state index is 5.96. The molecule has 0 aliphatic carbocycles. The van der Waals surface area contributed by atoms with E-state index < -0.39 is 0 Å². The number of ether oxygens (including phenoxy) is 1. The largest absolute Gasteiger partial charge is 0.496 e. The Morgan fingerprint density at radius 3 is 2.65 bits per heavy atom. The standard InChI is InChI=1S/C21H22BrNO2.ClH/c1-15-13-17(7-9-19(15)22)21-10-8-18(25-21)14-23-12-11-16-5-3-4-6-20(16)24-2;/h3-10,13,23H,11-12,14H2,1-2H3;1H. The Bertz CT molecular complexity index is 848. The van der Waals surface area contributed by atoms with Gasteiger partial charge in [-0.3, -0.25) is 0 Å². The van der Waals surface area contributed by atoms with Gasteiger partial charge >= 0.3 is 0 Å². The minimum Gasteiger partial charge on any atom is -0.496 e. The number of rotatable bonds is 7. The second kappa shape index (κ2) is 9.81.